The Morgan fingerprint density at radius 3 is 3.06 bits per heavy atom. The molecule has 0 aromatic carbocycles. The monoisotopic (exact) mass is 233 g/mol. The molecule has 0 saturated carbocycles. The lowest BCUT2D eigenvalue weighted by Crippen LogP contribution is -2.41. The Labute approximate surface area is 102 Å². The summed E-state index contributed by atoms with van der Waals surface area (Å²) in [6.45, 7) is 7.21. The highest BCUT2D eigenvalue weighted by Gasteiger charge is 2.31. The summed E-state index contributed by atoms with van der Waals surface area (Å²) in [4.78, 5) is 6.52. The van der Waals surface area contributed by atoms with Gasteiger partial charge in [-0.15, -0.1) is 0 Å². The number of oxazole rings is 1. The predicted octanol–water partition coefficient (Wildman–Crippen LogP) is 2.29. The fraction of sp³-hybridized carbons (Fsp3) is 0.692. The molecule has 1 aliphatic rings. The van der Waals surface area contributed by atoms with Crippen LogP contribution in [0.5, 0.6) is 0 Å². The summed E-state index contributed by atoms with van der Waals surface area (Å²) in [6.07, 6.45) is 4.13. The van der Waals surface area contributed by atoms with Gasteiger partial charge in [0.2, 0.25) is 0 Å². The van der Waals surface area contributed by atoms with Crippen LogP contribution in [0.15, 0.2) is 17.1 Å². The Bertz CT molecular complexity index is 380. The van der Waals surface area contributed by atoms with E-state index in [1.165, 1.54) is 6.39 Å². The van der Waals surface area contributed by atoms with E-state index in [1.54, 1.807) is 6.26 Å². The van der Waals surface area contributed by atoms with Gasteiger partial charge in [-0.2, -0.15) is 5.26 Å². The summed E-state index contributed by atoms with van der Waals surface area (Å²) >= 11 is 0. The van der Waals surface area contributed by atoms with Crippen molar-refractivity contribution in [3.05, 3.63) is 18.4 Å². The summed E-state index contributed by atoms with van der Waals surface area (Å²) in [7, 11) is 0. The van der Waals surface area contributed by atoms with Gasteiger partial charge in [0, 0.05) is 13.1 Å². The fourth-order valence-corrected chi connectivity index (χ4v) is 2.58. The van der Waals surface area contributed by atoms with Crippen LogP contribution in [0.1, 0.15) is 26.0 Å². The molecule has 1 saturated heterocycles. The Hall–Kier alpha value is -1.34. The molecule has 0 spiro atoms. The van der Waals surface area contributed by atoms with Crippen LogP contribution in [0.4, 0.5) is 0 Å². The fourth-order valence-electron chi connectivity index (χ4n) is 2.58. The molecular weight excluding hydrogens is 214 g/mol. The standard InChI is InChI=1S/C13H19N3O/c1-10(2)13-7-16(4-3-11(13)5-14)6-12-8-17-9-15-12/h8-11,13H,3-4,6-7H2,1-2H3. The summed E-state index contributed by atoms with van der Waals surface area (Å²) in [5, 5.41) is 9.16. The third kappa shape index (κ3) is 2.86. The lowest BCUT2D eigenvalue weighted by Gasteiger charge is -2.37. The lowest BCUT2D eigenvalue weighted by atomic mass is 9.79. The molecule has 4 nitrogen and oxygen atoms in total. The van der Waals surface area contributed by atoms with Crippen LogP contribution < -0.4 is 0 Å². The highest BCUT2D eigenvalue weighted by Crippen LogP contribution is 2.29. The van der Waals surface area contributed by atoms with Gasteiger partial charge < -0.3 is 4.42 Å². The van der Waals surface area contributed by atoms with Crippen molar-refractivity contribution in [3.8, 4) is 6.07 Å². The van der Waals surface area contributed by atoms with E-state index in [9.17, 15) is 0 Å². The van der Waals surface area contributed by atoms with E-state index in [-0.39, 0.29) is 5.92 Å². The summed E-state index contributed by atoms with van der Waals surface area (Å²) < 4.78 is 4.98. The summed E-state index contributed by atoms with van der Waals surface area (Å²) in [5.74, 6) is 1.24. The van der Waals surface area contributed by atoms with E-state index in [1.807, 2.05) is 0 Å². The molecule has 0 radical (unpaired) electrons. The van der Waals surface area contributed by atoms with E-state index in [4.69, 9.17) is 9.68 Å². The average molecular weight is 233 g/mol. The topological polar surface area (TPSA) is 53.1 Å². The molecule has 92 valence electrons. The number of rotatable bonds is 3. The van der Waals surface area contributed by atoms with Gasteiger partial charge in [-0.3, -0.25) is 4.90 Å². The van der Waals surface area contributed by atoms with Crippen LogP contribution >= 0.6 is 0 Å². The van der Waals surface area contributed by atoms with Crippen LogP contribution in [0.2, 0.25) is 0 Å². The second-order valence-corrected chi connectivity index (χ2v) is 5.15. The van der Waals surface area contributed by atoms with Gasteiger partial charge in [0.1, 0.15) is 6.26 Å². The molecule has 17 heavy (non-hydrogen) atoms. The zero-order valence-corrected chi connectivity index (χ0v) is 10.5. The molecule has 0 N–H and O–H groups in total. The maximum Gasteiger partial charge on any atom is 0.180 e. The van der Waals surface area contributed by atoms with Gasteiger partial charge in [0.15, 0.2) is 6.39 Å². The van der Waals surface area contributed by atoms with E-state index in [2.05, 4.69) is 29.8 Å². The molecule has 1 aromatic rings. The SMILES string of the molecule is CC(C)C1CN(Cc2cocn2)CCC1C#N. The van der Waals surface area contributed by atoms with Crippen LogP contribution in [-0.4, -0.2) is 23.0 Å². The molecule has 2 unspecified atom stereocenters. The summed E-state index contributed by atoms with van der Waals surface area (Å²) in [5.41, 5.74) is 0.975. The van der Waals surface area contributed by atoms with Crippen LogP contribution in [-0.2, 0) is 6.54 Å². The Kier molecular flexibility index (Phi) is 3.80. The lowest BCUT2D eigenvalue weighted by molar-refractivity contribution is 0.107. The first-order valence-electron chi connectivity index (χ1n) is 6.19. The predicted molar refractivity (Wildman–Crippen MR) is 63.8 cm³/mol. The van der Waals surface area contributed by atoms with Crippen molar-refractivity contribution in [2.24, 2.45) is 17.8 Å². The molecule has 0 aliphatic carbocycles. The number of likely N-dealkylation sites (tertiary alicyclic amines) is 1. The van der Waals surface area contributed by atoms with E-state index < -0.39 is 0 Å². The van der Waals surface area contributed by atoms with Crippen molar-refractivity contribution in [2.75, 3.05) is 13.1 Å². The molecule has 1 aliphatic heterocycles. The second-order valence-electron chi connectivity index (χ2n) is 5.15. The first-order valence-corrected chi connectivity index (χ1v) is 6.19. The maximum absolute atomic E-state index is 9.16. The molecular formula is C13H19N3O. The molecule has 1 fully saturated rings. The minimum absolute atomic E-state index is 0.212. The first kappa shape index (κ1) is 12.1. The summed E-state index contributed by atoms with van der Waals surface area (Å²) in [6, 6.07) is 2.45. The van der Waals surface area contributed by atoms with E-state index >= 15 is 0 Å². The van der Waals surface area contributed by atoms with Crippen LogP contribution in [0.3, 0.4) is 0 Å². The third-order valence-electron chi connectivity index (χ3n) is 3.63. The average Bonchev–Trinajstić information content (AvgIpc) is 2.81. The minimum atomic E-state index is 0.212. The van der Waals surface area contributed by atoms with Crippen LogP contribution in [0, 0.1) is 29.1 Å². The Morgan fingerprint density at radius 1 is 1.65 bits per heavy atom. The van der Waals surface area contributed by atoms with Gasteiger partial charge in [0.25, 0.3) is 0 Å². The van der Waals surface area contributed by atoms with Crippen molar-refractivity contribution in [3.63, 3.8) is 0 Å². The molecule has 1 aromatic heterocycles. The Morgan fingerprint density at radius 2 is 2.47 bits per heavy atom. The molecule has 0 amide bonds. The van der Waals surface area contributed by atoms with Crippen molar-refractivity contribution in [2.45, 2.75) is 26.8 Å². The number of nitrogens with zero attached hydrogens (tertiary/aromatic N) is 3. The first-order chi connectivity index (χ1) is 8.20. The van der Waals surface area contributed by atoms with Crippen LogP contribution in [0.25, 0.3) is 0 Å². The Balaban J connectivity index is 1.97. The largest absolute Gasteiger partial charge is 0.451 e. The number of piperidine rings is 1. The number of aromatic nitrogens is 1. The molecule has 0 bridgehead atoms. The second kappa shape index (κ2) is 5.33. The van der Waals surface area contributed by atoms with Gasteiger partial charge in [-0.25, -0.2) is 4.98 Å². The van der Waals surface area contributed by atoms with Gasteiger partial charge in [0.05, 0.1) is 17.7 Å². The van der Waals surface area contributed by atoms with Crippen molar-refractivity contribution in [1.29, 1.82) is 5.26 Å². The minimum Gasteiger partial charge on any atom is -0.451 e. The highest BCUT2D eigenvalue weighted by atomic mass is 16.3. The maximum atomic E-state index is 9.16. The zero-order valence-electron chi connectivity index (χ0n) is 10.5. The third-order valence-corrected chi connectivity index (χ3v) is 3.63. The number of hydrogen-bond acceptors (Lipinski definition) is 4. The van der Waals surface area contributed by atoms with Crippen molar-refractivity contribution in [1.82, 2.24) is 9.88 Å². The van der Waals surface area contributed by atoms with Gasteiger partial charge >= 0.3 is 0 Å². The molecule has 2 heterocycles. The normalized spacial score (nSPS) is 26.0. The van der Waals surface area contributed by atoms with Gasteiger partial charge in [-0.05, 0) is 24.8 Å². The van der Waals surface area contributed by atoms with E-state index in [0.29, 0.717) is 11.8 Å². The molecule has 2 rings (SSSR count). The highest BCUT2D eigenvalue weighted by molar-refractivity contribution is 4.97. The quantitative estimate of drug-likeness (QED) is 0.803. The molecule has 4 heteroatoms. The van der Waals surface area contributed by atoms with Crippen molar-refractivity contribution >= 4 is 0 Å². The number of nitriles is 1. The zero-order chi connectivity index (χ0) is 12.3. The van der Waals surface area contributed by atoms with Crippen molar-refractivity contribution < 1.29 is 4.42 Å². The van der Waals surface area contributed by atoms with E-state index in [0.717, 1.165) is 31.7 Å². The number of hydrogen-bond donors (Lipinski definition) is 0. The van der Waals surface area contributed by atoms with Gasteiger partial charge in [-0.1, -0.05) is 13.8 Å². The molecule has 2 atom stereocenters. The smallest absolute Gasteiger partial charge is 0.180 e.